The van der Waals surface area contributed by atoms with Crippen molar-refractivity contribution in [1.82, 2.24) is 9.38 Å². The number of esters is 2. The summed E-state index contributed by atoms with van der Waals surface area (Å²) in [4.78, 5) is 28.1. The van der Waals surface area contributed by atoms with Crippen LogP contribution in [0.2, 0.25) is 0 Å². The number of hydrogen-bond donors (Lipinski definition) is 1. The summed E-state index contributed by atoms with van der Waals surface area (Å²) in [6, 6.07) is 9.82. The van der Waals surface area contributed by atoms with Gasteiger partial charge in [0, 0.05) is 12.4 Å². The van der Waals surface area contributed by atoms with Gasteiger partial charge in [-0.1, -0.05) is 12.1 Å². The second-order valence-electron chi connectivity index (χ2n) is 5.31. The Labute approximate surface area is 143 Å². The molecule has 0 aliphatic heterocycles. The largest absolute Gasteiger partial charge is 0.465 e. The van der Waals surface area contributed by atoms with E-state index in [0.29, 0.717) is 28.0 Å². The van der Waals surface area contributed by atoms with Crippen molar-refractivity contribution in [2.24, 2.45) is 0 Å². The number of benzene rings is 1. The number of hydrogen-bond acceptors (Lipinski definition) is 6. The maximum absolute atomic E-state index is 12.1. The minimum Gasteiger partial charge on any atom is -0.465 e. The van der Waals surface area contributed by atoms with Crippen LogP contribution in [0.4, 0.5) is 0 Å². The highest BCUT2D eigenvalue weighted by atomic mass is 16.5. The van der Waals surface area contributed by atoms with Gasteiger partial charge in [-0.2, -0.15) is 0 Å². The molecule has 0 fully saturated rings. The quantitative estimate of drug-likeness (QED) is 0.714. The van der Waals surface area contributed by atoms with Crippen LogP contribution in [0.3, 0.4) is 0 Å². The molecule has 7 nitrogen and oxygen atoms in total. The fourth-order valence-corrected chi connectivity index (χ4v) is 2.37. The van der Waals surface area contributed by atoms with Crippen LogP contribution in [0.1, 0.15) is 32.0 Å². The zero-order valence-electron chi connectivity index (χ0n) is 13.5. The third-order valence-electron chi connectivity index (χ3n) is 3.66. The maximum Gasteiger partial charge on any atom is 0.341 e. The highest BCUT2D eigenvalue weighted by Gasteiger charge is 2.14. The van der Waals surface area contributed by atoms with E-state index in [0.717, 1.165) is 0 Å². The molecule has 3 rings (SSSR count). The lowest BCUT2D eigenvalue weighted by Crippen LogP contribution is -2.05. The first-order chi connectivity index (χ1) is 12.1. The first-order valence-corrected chi connectivity index (χ1v) is 7.54. The molecular formula is C18H16N2O5. The number of carbonyl (C=O) groups is 2. The number of ether oxygens (including phenoxy) is 2. The standard InChI is InChI=1S/C18H16N2O5/c1-24-18(23)15-3-2-8-20-9-14(19-16(15)20)11-25-17(22)13-6-4-12(10-21)5-7-13/h2-9,21H,10-11H2,1H3. The van der Waals surface area contributed by atoms with Gasteiger partial charge in [0.25, 0.3) is 0 Å². The van der Waals surface area contributed by atoms with Crippen LogP contribution in [-0.2, 0) is 22.7 Å². The summed E-state index contributed by atoms with van der Waals surface area (Å²) in [6.07, 6.45) is 3.43. The smallest absolute Gasteiger partial charge is 0.341 e. The molecule has 7 heteroatoms. The van der Waals surface area contributed by atoms with E-state index in [4.69, 9.17) is 14.6 Å². The summed E-state index contributed by atoms with van der Waals surface area (Å²) >= 11 is 0. The fraction of sp³-hybridized carbons (Fsp3) is 0.167. The van der Waals surface area contributed by atoms with Gasteiger partial charge in [0.15, 0.2) is 5.65 Å². The van der Waals surface area contributed by atoms with Gasteiger partial charge >= 0.3 is 11.9 Å². The van der Waals surface area contributed by atoms with E-state index in [1.165, 1.54) is 7.11 Å². The molecule has 1 N–H and O–H groups in total. The van der Waals surface area contributed by atoms with E-state index in [9.17, 15) is 9.59 Å². The minimum atomic E-state index is -0.491. The topological polar surface area (TPSA) is 90.1 Å². The predicted octanol–water partition coefficient (Wildman–Crippen LogP) is 1.97. The molecule has 0 unspecified atom stereocenters. The molecule has 3 aromatic rings. The number of aliphatic hydroxyl groups is 1. The van der Waals surface area contributed by atoms with Crippen molar-refractivity contribution >= 4 is 17.6 Å². The molecule has 2 heterocycles. The first kappa shape index (κ1) is 16.7. The highest BCUT2D eigenvalue weighted by molar-refractivity contribution is 5.95. The average Bonchev–Trinajstić information content (AvgIpc) is 3.08. The summed E-state index contributed by atoms with van der Waals surface area (Å²) < 4.78 is 11.7. The van der Waals surface area contributed by atoms with Crippen molar-refractivity contribution in [1.29, 1.82) is 0 Å². The Kier molecular flexibility index (Phi) is 4.76. The molecule has 0 radical (unpaired) electrons. The van der Waals surface area contributed by atoms with Crippen molar-refractivity contribution in [3.63, 3.8) is 0 Å². The summed E-state index contributed by atoms with van der Waals surface area (Å²) in [6.45, 7) is -0.109. The van der Waals surface area contributed by atoms with Gasteiger partial charge < -0.3 is 19.0 Å². The Morgan fingerprint density at radius 1 is 1.16 bits per heavy atom. The Hall–Kier alpha value is -3.19. The number of nitrogens with zero attached hydrogens (tertiary/aromatic N) is 2. The number of aromatic nitrogens is 2. The number of imidazole rings is 1. The molecule has 0 saturated carbocycles. The van der Waals surface area contributed by atoms with Crippen molar-refractivity contribution in [2.75, 3.05) is 7.11 Å². The van der Waals surface area contributed by atoms with Gasteiger partial charge in [-0.05, 0) is 29.8 Å². The van der Waals surface area contributed by atoms with Crippen LogP contribution in [0.15, 0.2) is 48.8 Å². The van der Waals surface area contributed by atoms with Crippen LogP contribution < -0.4 is 0 Å². The molecular weight excluding hydrogens is 324 g/mol. The molecule has 128 valence electrons. The van der Waals surface area contributed by atoms with E-state index in [2.05, 4.69) is 4.98 Å². The number of aliphatic hydroxyl groups excluding tert-OH is 1. The van der Waals surface area contributed by atoms with Crippen molar-refractivity contribution in [3.05, 3.63) is 71.2 Å². The summed E-state index contributed by atoms with van der Waals surface area (Å²) in [7, 11) is 1.31. The van der Waals surface area contributed by atoms with Crippen LogP contribution in [0, 0.1) is 0 Å². The zero-order chi connectivity index (χ0) is 17.8. The Morgan fingerprint density at radius 3 is 2.60 bits per heavy atom. The van der Waals surface area contributed by atoms with E-state index in [-0.39, 0.29) is 13.2 Å². The lowest BCUT2D eigenvalue weighted by Gasteiger charge is -2.03. The van der Waals surface area contributed by atoms with E-state index in [1.807, 2.05) is 0 Å². The second-order valence-corrected chi connectivity index (χ2v) is 5.31. The fourth-order valence-electron chi connectivity index (χ4n) is 2.37. The summed E-state index contributed by atoms with van der Waals surface area (Å²) in [5.41, 5.74) is 2.38. The van der Waals surface area contributed by atoms with Crippen molar-refractivity contribution in [3.8, 4) is 0 Å². The SMILES string of the molecule is COC(=O)c1cccn2cc(COC(=O)c3ccc(CO)cc3)nc12. The molecule has 0 atom stereocenters. The van der Waals surface area contributed by atoms with Crippen molar-refractivity contribution < 1.29 is 24.2 Å². The number of rotatable bonds is 5. The van der Waals surface area contributed by atoms with E-state index in [1.54, 1.807) is 53.2 Å². The number of pyridine rings is 1. The Balaban J connectivity index is 1.74. The van der Waals surface area contributed by atoms with Gasteiger partial charge in [-0.3, -0.25) is 0 Å². The van der Waals surface area contributed by atoms with E-state index >= 15 is 0 Å². The van der Waals surface area contributed by atoms with Gasteiger partial charge in [-0.25, -0.2) is 14.6 Å². The van der Waals surface area contributed by atoms with Crippen LogP contribution in [0.25, 0.3) is 5.65 Å². The summed E-state index contributed by atoms with van der Waals surface area (Å²) in [5.74, 6) is -0.974. The Bertz CT molecular complexity index is 915. The third kappa shape index (κ3) is 3.51. The highest BCUT2D eigenvalue weighted by Crippen LogP contribution is 2.14. The van der Waals surface area contributed by atoms with Gasteiger partial charge in [0.1, 0.15) is 12.2 Å². The van der Waals surface area contributed by atoms with Crippen molar-refractivity contribution in [2.45, 2.75) is 13.2 Å². The average molecular weight is 340 g/mol. The van der Waals surface area contributed by atoms with Crippen LogP contribution in [-0.4, -0.2) is 33.5 Å². The molecule has 2 aromatic heterocycles. The molecule has 1 aromatic carbocycles. The first-order valence-electron chi connectivity index (χ1n) is 7.54. The molecule has 0 spiro atoms. The number of carbonyl (C=O) groups excluding carboxylic acids is 2. The van der Waals surface area contributed by atoms with Crippen LogP contribution >= 0.6 is 0 Å². The lowest BCUT2D eigenvalue weighted by atomic mass is 10.1. The number of fused-ring (bicyclic) bond motifs is 1. The van der Waals surface area contributed by atoms with Gasteiger partial charge in [0.05, 0.1) is 25.0 Å². The minimum absolute atomic E-state index is 0.0249. The van der Waals surface area contributed by atoms with Gasteiger partial charge in [-0.15, -0.1) is 0 Å². The second kappa shape index (κ2) is 7.14. The molecule has 25 heavy (non-hydrogen) atoms. The third-order valence-corrected chi connectivity index (χ3v) is 3.66. The van der Waals surface area contributed by atoms with Crippen LogP contribution in [0.5, 0.6) is 0 Å². The molecule has 0 amide bonds. The summed E-state index contributed by atoms with van der Waals surface area (Å²) in [5, 5.41) is 9.01. The predicted molar refractivity (Wildman–Crippen MR) is 88.0 cm³/mol. The number of methoxy groups -OCH3 is 1. The monoisotopic (exact) mass is 340 g/mol. The molecule has 0 aliphatic rings. The van der Waals surface area contributed by atoms with Gasteiger partial charge in [0.2, 0.25) is 0 Å². The lowest BCUT2D eigenvalue weighted by molar-refractivity contribution is 0.0467. The zero-order valence-corrected chi connectivity index (χ0v) is 13.5. The maximum atomic E-state index is 12.1. The normalized spacial score (nSPS) is 10.6. The van der Waals surface area contributed by atoms with E-state index < -0.39 is 11.9 Å². The molecule has 0 bridgehead atoms. The Morgan fingerprint density at radius 2 is 1.92 bits per heavy atom. The molecule has 0 aliphatic carbocycles. The molecule has 0 saturated heterocycles.